The van der Waals surface area contributed by atoms with Gasteiger partial charge in [-0.1, -0.05) is 20.8 Å². The third-order valence-corrected chi connectivity index (χ3v) is 12.3. The smallest absolute Gasteiger partial charge is 0.335 e. The molecule has 13 unspecified atom stereocenters. The Kier molecular flexibility index (Phi) is 6.49. The fourth-order valence-corrected chi connectivity index (χ4v) is 11.0. The highest BCUT2D eigenvalue weighted by atomic mass is 16.6. The van der Waals surface area contributed by atoms with Crippen LogP contribution in [0.15, 0.2) is 23.0 Å². The Bertz CT molecular complexity index is 1360. The summed E-state index contributed by atoms with van der Waals surface area (Å²) in [6.45, 7) is 7.79. The zero-order chi connectivity index (χ0) is 31.5. The number of hydrogen-bond acceptors (Lipinski definition) is 12. The number of cyclic esters (lactones) is 1. The number of carbonyl (C=O) groups excluding carboxylic acids is 4. The largest absolute Gasteiger partial charge is 0.472 e. The maximum absolute atomic E-state index is 13.3. The van der Waals surface area contributed by atoms with Gasteiger partial charge >= 0.3 is 23.9 Å². The topological polar surface area (TPSA) is 179 Å². The molecular weight excluding hydrogens is 564 g/mol. The van der Waals surface area contributed by atoms with Crippen molar-refractivity contribution in [2.75, 3.05) is 7.11 Å². The van der Waals surface area contributed by atoms with Gasteiger partial charge in [0.15, 0.2) is 6.10 Å². The van der Waals surface area contributed by atoms with Gasteiger partial charge < -0.3 is 38.7 Å². The minimum atomic E-state index is -1.97. The fourth-order valence-electron chi connectivity index (χ4n) is 11.0. The van der Waals surface area contributed by atoms with Crippen molar-refractivity contribution in [3.8, 4) is 0 Å². The van der Waals surface area contributed by atoms with Gasteiger partial charge in [0.1, 0.15) is 23.9 Å². The molecule has 13 atom stereocenters. The second-order valence-electron chi connectivity index (χ2n) is 14.1. The van der Waals surface area contributed by atoms with Crippen LogP contribution in [0.5, 0.6) is 0 Å². The quantitative estimate of drug-likeness (QED) is 0.328. The van der Waals surface area contributed by atoms with Crippen molar-refractivity contribution in [3.63, 3.8) is 0 Å². The van der Waals surface area contributed by atoms with Crippen molar-refractivity contribution < 1.29 is 57.9 Å². The van der Waals surface area contributed by atoms with Crippen LogP contribution in [0.25, 0.3) is 0 Å². The van der Waals surface area contributed by atoms with E-state index in [2.05, 4.69) is 0 Å². The first-order valence-electron chi connectivity index (χ1n) is 14.8. The van der Waals surface area contributed by atoms with E-state index in [0.717, 1.165) is 7.11 Å². The SMILES string of the molecule is COC(=O)C(O)C1C2(C)CC3(O)C(C2OC(C)=O)C(OC(C)=O)C2(O)C4CC(=O)OC(c5ccoc5)C4(C)CCC2C13C. The lowest BCUT2D eigenvalue weighted by Gasteiger charge is -2.72. The molecule has 0 amide bonds. The van der Waals surface area contributed by atoms with Crippen LogP contribution in [0, 0.1) is 39.9 Å². The zero-order valence-electron chi connectivity index (χ0n) is 25.2. The molecule has 2 heterocycles. The molecule has 6 rings (SSSR count). The normalized spacial score (nSPS) is 48.4. The van der Waals surface area contributed by atoms with Gasteiger partial charge in [0.2, 0.25) is 0 Å². The lowest BCUT2D eigenvalue weighted by atomic mass is 9.36. The van der Waals surface area contributed by atoms with Gasteiger partial charge in [-0.05, 0) is 25.3 Å². The molecule has 0 aromatic carbocycles. The van der Waals surface area contributed by atoms with Crippen LogP contribution in [0.3, 0.4) is 0 Å². The van der Waals surface area contributed by atoms with Crippen LogP contribution >= 0.6 is 0 Å². The van der Waals surface area contributed by atoms with E-state index in [4.69, 9.17) is 23.4 Å². The van der Waals surface area contributed by atoms with E-state index in [1.165, 1.54) is 26.4 Å². The number of fused-ring (bicyclic) bond motifs is 5. The van der Waals surface area contributed by atoms with Gasteiger partial charge in [0.25, 0.3) is 0 Å². The van der Waals surface area contributed by atoms with Gasteiger partial charge in [0.05, 0.1) is 37.6 Å². The number of hydrogen-bond donors (Lipinski definition) is 3. The molecule has 4 saturated carbocycles. The lowest BCUT2D eigenvalue weighted by Crippen LogP contribution is -2.81. The van der Waals surface area contributed by atoms with Crippen LogP contribution in [0.4, 0.5) is 0 Å². The van der Waals surface area contributed by atoms with Crippen molar-refractivity contribution in [1.82, 2.24) is 0 Å². The molecule has 0 radical (unpaired) electrons. The minimum absolute atomic E-state index is 0.00377. The van der Waals surface area contributed by atoms with Gasteiger partial charge in [-0.25, -0.2) is 4.79 Å². The number of methoxy groups -OCH3 is 1. The zero-order valence-corrected chi connectivity index (χ0v) is 25.2. The van der Waals surface area contributed by atoms with E-state index in [9.17, 15) is 34.5 Å². The third-order valence-electron chi connectivity index (χ3n) is 12.3. The first-order valence-corrected chi connectivity index (χ1v) is 14.8. The van der Waals surface area contributed by atoms with E-state index in [1.807, 2.05) is 6.92 Å². The van der Waals surface area contributed by atoms with Crippen LogP contribution in [-0.2, 0) is 38.1 Å². The highest BCUT2D eigenvalue weighted by molar-refractivity contribution is 5.76. The predicted molar refractivity (Wildman–Crippen MR) is 143 cm³/mol. The summed E-state index contributed by atoms with van der Waals surface area (Å²) in [6.07, 6.45) is -1.61. The molecule has 236 valence electrons. The number of rotatable bonds is 5. The van der Waals surface area contributed by atoms with Crippen molar-refractivity contribution in [3.05, 3.63) is 24.2 Å². The van der Waals surface area contributed by atoms with Crippen molar-refractivity contribution in [2.24, 2.45) is 39.9 Å². The van der Waals surface area contributed by atoms with E-state index >= 15 is 0 Å². The van der Waals surface area contributed by atoms with Crippen molar-refractivity contribution in [2.45, 2.75) is 95.9 Å². The Morgan fingerprint density at radius 1 is 1.02 bits per heavy atom. The molecule has 4 aliphatic carbocycles. The van der Waals surface area contributed by atoms with E-state index < -0.39 is 99.4 Å². The standard InChI is InChI=1S/C31H40O12/c1-14(32)41-24-20-25(42-15(2)33)31(38)17(29(5)22(21(35)26(36)39-6)28(24,4)13-30(20,29)37)7-9-27(3)18(31)11-19(34)43-23(27)16-8-10-40-12-16/h8,10,12,17-18,20-25,35,37-38H,7,9,11,13H2,1-6H3. The minimum Gasteiger partial charge on any atom is -0.472 e. The number of esters is 4. The summed E-state index contributed by atoms with van der Waals surface area (Å²) in [6, 6.07) is 1.69. The maximum Gasteiger partial charge on any atom is 0.335 e. The molecule has 1 saturated heterocycles. The van der Waals surface area contributed by atoms with Gasteiger partial charge in [-0.2, -0.15) is 0 Å². The molecule has 12 heteroatoms. The number of aliphatic hydroxyl groups excluding tert-OH is 1. The average Bonchev–Trinajstić information content (AvgIpc) is 3.57. The summed E-state index contributed by atoms with van der Waals surface area (Å²) in [5.41, 5.74) is -6.50. The molecule has 12 nitrogen and oxygen atoms in total. The van der Waals surface area contributed by atoms with Gasteiger partial charge in [-0.15, -0.1) is 0 Å². The van der Waals surface area contributed by atoms with E-state index in [1.54, 1.807) is 19.9 Å². The molecule has 0 spiro atoms. The third kappa shape index (κ3) is 3.54. The molecule has 3 N–H and O–H groups in total. The Hall–Kier alpha value is -2.96. The summed E-state index contributed by atoms with van der Waals surface area (Å²) >= 11 is 0. The van der Waals surface area contributed by atoms with Crippen molar-refractivity contribution >= 4 is 23.9 Å². The molecule has 1 aromatic rings. The second kappa shape index (κ2) is 9.28. The summed E-state index contributed by atoms with van der Waals surface area (Å²) < 4.78 is 27.9. The molecular formula is C31H40O12. The van der Waals surface area contributed by atoms with Gasteiger partial charge in [0, 0.05) is 53.4 Å². The van der Waals surface area contributed by atoms with Crippen LogP contribution in [-0.4, -0.2) is 75.8 Å². The molecule has 5 fully saturated rings. The summed E-state index contributed by atoms with van der Waals surface area (Å²) in [5.74, 6) is -6.77. The number of aliphatic hydroxyl groups is 3. The predicted octanol–water partition coefficient (Wildman–Crippen LogP) is 1.84. The summed E-state index contributed by atoms with van der Waals surface area (Å²) in [5, 5.41) is 37.6. The maximum atomic E-state index is 13.3. The summed E-state index contributed by atoms with van der Waals surface area (Å²) in [7, 11) is 1.15. The lowest BCUT2D eigenvalue weighted by molar-refractivity contribution is -0.357. The molecule has 1 aliphatic heterocycles. The van der Waals surface area contributed by atoms with Gasteiger partial charge in [-0.3, -0.25) is 14.4 Å². The van der Waals surface area contributed by atoms with E-state index in [0.29, 0.717) is 12.0 Å². The van der Waals surface area contributed by atoms with Crippen LogP contribution < -0.4 is 0 Å². The first-order chi connectivity index (χ1) is 20.0. The van der Waals surface area contributed by atoms with Crippen molar-refractivity contribution in [1.29, 1.82) is 0 Å². The highest BCUT2D eigenvalue weighted by Gasteiger charge is 2.89. The number of furan rings is 1. The molecule has 2 bridgehead atoms. The Morgan fingerprint density at radius 3 is 2.26 bits per heavy atom. The fraction of sp³-hybridized carbons (Fsp3) is 0.742. The molecule has 43 heavy (non-hydrogen) atoms. The average molecular weight is 605 g/mol. The first kappa shape index (κ1) is 30.1. The second-order valence-corrected chi connectivity index (χ2v) is 14.1. The summed E-state index contributed by atoms with van der Waals surface area (Å²) in [4.78, 5) is 51.4. The molecule has 1 aromatic heterocycles. The van der Waals surface area contributed by atoms with Crippen LogP contribution in [0.2, 0.25) is 0 Å². The Morgan fingerprint density at radius 2 is 1.67 bits per heavy atom. The van der Waals surface area contributed by atoms with Crippen LogP contribution in [0.1, 0.15) is 72.0 Å². The Balaban J connectivity index is 1.61. The molecule has 5 aliphatic rings. The monoisotopic (exact) mass is 604 g/mol. The van der Waals surface area contributed by atoms with E-state index in [-0.39, 0.29) is 19.3 Å². The Labute approximate surface area is 249 Å². The number of carbonyl (C=O) groups is 4. The number of ether oxygens (including phenoxy) is 4. The highest BCUT2D eigenvalue weighted by Crippen LogP contribution is 2.81.